The highest BCUT2D eigenvalue weighted by atomic mass is 16.5. The number of anilines is 1. The number of hydrogen-bond acceptors (Lipinski definition) is 4. The van der Waals surface area contributed by atoms with E-state index >= 15 is 0 Å². The van der Waals surface area contributed by atoms with Gasteiger partial charge in [-0.15, -0.1) is 0 Å². The molecule has 0 aliphatic heterocycles. The van der Waals surface area contributed by atoms with Gasteiger partial charge in [0.25, 0.3) is 0 Å². The summed E-state index contributed by atoms with van der Waals surface area (Å²) in [7, 11) is 1.66. The molecule has 128 valence electrons. The van der Waals surface area contributed by atoms with E-state index in [0.29, 0.717) is 13.2 Å². The van der Waals surface area contributed by atoms with E-state index < -0.39 is 0 Å². The van der Waals surface area contributed by atoms with Crippen LogP contribution in [0.5, 0.6) is 11.5 Å². The first-order valence-corrected chi connectivity index (χ1v) is 8.08. The van der Waals surface area contributed by atoms with Crippen molar-refractivity contribution in [2.24, 2.45) is 0 Å². The monoisotopic (exact) mass is 328 g/mol. The summed E-state index contributed by atoms with van der Waals surface area (Å²) in [4.78, 5) is 11.9. The molecule has 0 atom stereocenters. The minimum atomic E-state index is -0.0702. The fourth-order valence-electron chi connectivity index (χ4n) is 2.34. The van der Waals surface area contributed by atoms with Crippen LogP contribution in [0.15, 0.2) is 48.5 Å². The fraction of sp³-hybridized carbons (Fsp3) is 0.316. The first-order valence-electron chi connectivity index (χ1n) is 8.08. The Morgan fingerprint density at radius 1 is 1.08 bits per heavy atom. The Hall–Kier alpha value is -2.53. The van der Waals surface area contributed by atoms with Crippen molar-refractivity contribution in [3.63, 3.8) is 0 Å². The van der Waals surface area contributed by atoms with Crippen LogP contribution in [-0.4, -0.2) is 32.7 Å². The summed E-state index contributed by atoms with van der Waals surface area (Å²) in [6.07, 6.45) is 0.806. The van der Waals surface area contributed by atoms with E-state index in [2.05, 4.69) is 10.6 Å². The van der Waals surface area contributed by atoms with Crippen molar-refractivity contribution in [3.05, 3.63) is 54.1 Å². The number of rotatable bonds is 9. The van der Waals surface area contributed by atoms with Gasteiger partial charge in [-0.05, 0) is 55.8 Å². The van der Waals surface area contributed by atoms with E-state index in [4.69, 9.17) is 9.47 Å². The Kier molecular flexibility index (Phi) is 7.11. The van der Waals surface area contributed by atoms with E-state index in [1.165, 1.54) is 0 Å². The zero-order valence-corrected chi connectivity index (χ0v) is 14.2. The smallest absolute Gasteiger partial charge is 0.238 e. The summed E-state index contributed by atoms with van der Waals surface area (Å²) in [5.74, 6) is 1.60. The lowest BCUT2D eigenvalue weighted by molar-refractivity contribution is -0.115. The quantitative estimate of drug-likeness (QED) is 0.695. The molecule has 0 bridgehead atoms. The molecule has 0 unspecified atom stereocenters. The number of carbonyl (C=O) groups excluding carboxylic acids is 1. The van der Waals surface area contributed by atoms with Gasteiger partial charge >= 0.3 is 0 Å². The Morgan fingerprint density at radius 3 is 2.54 bits per heavy atom. The molecule has 0 heterocycles. The maximum Gasteiger partial charge on any atom is 0.238 e. The van der Waals surface area contributed by atoms with Gasteiger partial charge in [-0.1, -0.05) is 18.2 Å². The molecule has 0 radical (unpaired) electrons. The van der Waals surface area contributed by atoms with E-state index in [9.17, 15) is 4.79 Å². The van der Waals surface area contributed by atoms with Crippen molar-refractivity contribution in [1.82, 2.24) is 5.32 Å². The average Bonchev–Trinajstić information content (AvgIpc) is 2.61. The predicted molar refractivity (Wildman–Crippen MR) is 95.8 cm³/mol. The number of benzene rings is 2. The van der Waals surface area contributed by atoms with Gasteiger partial charge in [0.05, 0.1) is 20.3 Å². The average molecular weight is 328 g/mol. The lowest BCUT2D eigenvalue weighted by Crippen LogP contribution is -2.29. The lowest BCUT2D eigenvalue weighted by Gasteiger charge is -2.10. The summed E-state index contributed by atoms with van der Waals surface area (Å²) >= 11 is 0. The van der Waals surface area contributed by atoms with Gasteiger partial charge in [0, 0.05) is 5.69 Å². The second-order valence-electron chi connectivity index (χ2n) is 5.24. The van der Waals surface area contributed by atoms with E-state index in [-0.39, 0.29) is 12.5 Å². The van der Waals surface area contributed by atoms with Crippen LogP contribution < -0.4 is 20.1 Å². The Labute approximate surface area is 143 Å². The van der Waals surface area contributed by atoms with Crippen LogP contribution >= 0.6 is 0 Å². The zero-order valence-electron chi connectivity index (χ0n) is 14.2. The molecule has 5 nitrogen and oxygen atoms in total. The highest BCUT2D eigenvalue weighted by Gasteiger charge is 2.04. The molecule has 2 aromatic rings. The van der Waals surface area contributed by atoms with Crippen LogP contribution in [0.25, 0.3) is 0 Å². The second-order valence-corrected chi connectivity index (χ2v) is 5.24. The van der Waals surface area contributed by atoms with E-state index in [1.54, 1.807) is 7.11 Å². The Morgan fingerprint density at radius 2 is 1.83 bits per heavy atom. The van der Waals surface area contributed by atoms with Crippen molar-refractivity contribution in [2.45, 2.75) is 13.3 Å². The molecule has 0 saturated carbocycles. The summed E-state index contributed by atoms with van der Waals surface area (Å²) in [5, 5.41) is 6.00. The van der Waals surface area contributed by atoms with E-state index in [0.717, 1.165) is 29.2 Å². The number of ether oxygens (including phenoxy) is 2. The van der Waals surface area contributed by atoms with Crippen LogP contribution in [0.2, 0.25) is 0 Å². The maximum absolute atomic E-state index is 11.9. The summed E-state index contributed by atoms with van der Waals surface area (Å²) in [5.41, 5.74) is 1.88. The van der Waals surface area contributed by atoms with Gasteiger partial charge in [0.15, 0.2) is 0 Å². The van der Waals surface area contributed by atoms with Crippen LogP contribution in [0.1, 0.15) is 12.5 Å². The van der Waals surface area contributed by atoms with Crippen LogP contribution in [0, 0.1) is 0 Å². The highest BCUT2D eigenvalue weighted by molar-refractivity contribution is 5.92. The molecule has 0 saturated heterocycles. The molecule has 1 amide bonds. The molecular formula is C19H24N2O3. The summed E-state index contributed by atoms with van der Waals surface area (Å²) < 4.78 is 10.7. The molecule has 5 heteroatoms. The van der Waals surface area contributed by atoms with Crippen LogP contribution in [-0.2, 0) is 11.2 Å². The molecule has 0 aliphatic rings. The van der Waals surface area contributed by atoms with Gasteiger partial charge < -0.3 is 20.1 Å². The molecule has 2 N–H and O–H groups in total. The number of hydrogen-bond donors (Lipinski definition) is 2. The maximum atomic E-state index is 11.9. The van der Waals surface area contributed by atoms with Crippen molar-refractivity contribution in [1.29, 1.82) is 0 Å². The summed E-state index contributed by atoms with van der Waals surface area (Å²) in [6.45, 7) is 3.54. The number of para-hydroxylation sites is 1. The summed E-state index contributed by atoms with van der Waals surface area (Å²) in [6, 6.07) is 15.2. The largest absolute Gasteiger partial charge is 0.496 e. The molecular weight excluding hydrogens is 304 g/mol. The molecule has 2 aromatic carbocycles. The first kappa shape index (κ1) is 17.8. The fourth-order valence-corrected chi connectivity index (χ4v) is 2.34. The Balaban J connectivity index is 1.71. The third-order valence-corrected chi connectivity index (χ3v) is 3.50. The van der Waals surface area contributed by atoms with Crippen molar-refractivity contribution < 1.29 is 14.3 Å². The van der Waals surface area contributed by atoms with Gasteiger partial charge in [-0.2, -0.15) is 0 Å². The standard InChI is InChI=1S/C19H24N2O3/c1-3-24-17-10-8-16(9-11-17)21-19(22)14-20-13-12-15-6-4-5-7-18(15)23-2/h4-11,20H,3,12-14H2,1-2H3,(H,21,22). The topological polar surface area (TPSA) is 59.6 Å². The molecule has 0 fully saturated rings. The van der Waals surface area contributed by atoms with Gasteiger partial charge in [0.2, 0.25) is 5.91 Å². The molecule has 0 aromatic heterocycles. The predicted octanol–water partition coefficient (Wildman–Crippen LogP) is 2.86. The number of nitrogens with one attached hydrogen (secondary N) is 2. The molecule has 0 spiro atoms. The molecule has 24 heavy (non-hydrogen) atoms. The van der Waals surface area contributed by atoms with Crippen molar-refractivity contribution in [2.75, 3.05) is 32.1 Å². The number of methoxy groups -OCH3 is 1. The number of carbonyl (C=O) groups is 1. The van der Waals surface area contributed by atoms with Gasteiger partial charge in [0.1, 0.15) is 11.5 Å². The minimum absolute atomic E-state index is 0.0702. The van der Waals surface area contributed by atoms with Gasteiger partial charge in [-0.3, -0.25) is 4.79 Å². The lowest BCUT2D eigenvalue weighted by atomic mass is 10.1. The van der Waals surface area contributed by atoms with Crippen LogP contribution in [0.3, 0.4) is 0 Å². The highest BCUT2D eigenvalue weighted by Crippen LogP contribution is 2.17. The van der Waals surface area contributed by atoms with Gasteiger partial charge in [-0.25, -0.2) is 0 Å². The molecule has 0 aliphatic carbocycles. The third kappa shape index (κ3) is 5.59. The van der Waals surface area contributed by atoms with Crippen molar-refractivity contribution in [3.8, 4) is 11.5 Å². The minimum Gasteiger partial charge on any atom is -0.496 e. The Bertz CT molecular complexity index is 641. The first-order chi connectivity index (χ1) is 11.7. The van der Waals surface area contributed by atoms with Crippen LogP contribution in [0.4, 0.5) is 5.69 Å². The van der Waals surface area contributed by atoms with E-state index in [1.807, 2.05) is 55.5 Å². The second kappa shape index (κ2) is 9.57. The normalized spacial score (nSPS) is 10.2. The SMILES string of the molecule is CCOc1ccc(NC(=O)CNCCc2ccccc2OC)cc1. The third-order valence-electron chi connectivity index (χ3n) is 3.50. The zero-order chi connectivity index (χ0) is 17.2. The molecule has 2 rings (SSSR count). The van der Waals surface area contributed by atoms with Crippen molar-refractivity contribution >= 4 is 11.6 Å². The number of amides is 1.